The quantitative estimate of drug-likeness (QED) is 0.140. The molecule has 3 rings (SSSR count). The summed E-state index contributed by atoms with van der Waals surface area (Å²) in [6.07, 6.45) is 3.48. The molecule has 8 nitrogen and oxygen atoms in total. The number of amides is 1. The average Bonchev–Trinajstić information content (AvgIpc) is 2.89. The molecule has 182 valence electrons. The fraction of sp³-hybridized carbons (Fsp3) is 0.222. The number of nitrogens with one attached hydrogen (secondary N) is 1. The number of ether oxygens (including phenoxy) is 4. The standard InChI is InChI=1S/C27H28N2O6/c1-4-5-15-34-22-12-10-20(11-13-22)27(31)35-24-14-9-19(16-25(24)33-3)18-28-29-26(30)21-7-6-8-23(17-21)32-2/h6-14,16-18H,4-5,15H2,1-3H3,(H,29,30)/b28-18+. The molecule has 0 atom stereocenters. The number of hydrazone groups is 1. The molecule has 0 aliphatic carbocycles. The van der Waals surface area contributed by atoms with Crippen molar-refractivity contribution in [1.29, 1.82) is 0 Å². The van der Waals surface area contributed by atoms with Gasteiger partial charge in [-0.25, -0.2) is 10.2 Å². The number of benzene rings is 3. The summed E-state index contributed by atoms with van der Waals surface area (Å²) in [4.78, 5) is 24.8. The van der Waals surface area contributed by atoms with Crippen molar-refractivity contribution < 1.29 is 28.5 Å². The SMILES string of the molecule is CCCCOc1ccc(C(=O)Oc2ccc(/C=N/NC(=O)c3cccc(OC)c3)cc2OC)cc1. The Labute approximate surface area is 204 Å². The lowest BCUT2D eigenvalue weighted by Gasteiger charge is -2.10. The number of hydrogen-bond donors (Lipinski definition) is 1. The Hall–Kier alpha value is -4.33. The van der Waals surface area contributed by atoms with Crippen molar-refractivity contribution in [3.63, 3.8) is 0 Å². The van der Waals surface area contributed by atoms with Crippen molar-refractivity contribution in [3.8, 4) is 23.0 Å². The molecule has 0 aliphatic rings. The predicted molar refractivity (Wildman–Crippen MR) is 133 cm³/mol. The van der Waals surface area contributed by atoms with Crippen LogP contribution in [0.1, 0.15) is 46.0 Å². The molecule has 35 heavy (non-hydrogen) atoms. The van der Waals surface area contributed by atoms with E-state index in [0.29, 0.717) is 40.5 Å². The first-order valence-corrected chi connectivity index (χ1v) is 11.1. The summed E-state index contributed by atoms with van der Waals surface area (Å²) < 4.78 is 21.6. The van der Waals surface area contributed by atoms with Crippen LogP contribution in [0.2, 0.25) is 0 Å². The van der Waals surface area contributed by atoms with Gasteiger partial charge >= 0.3 is 5.97 Å². The molecule has 0 unspecified atom stereocenters. The van der Waals surface area contributed by atoms with E-state index in [4.69, 9.17) is 18.9 Å². The summed E-state index contributed by atoms with van der Waals surface area (Å²) in [7, 11) is 3.00. The van der Waals surface area contributed by atoms with Crippen LogP contribution in [0.15, 0.2) is 71.8 Å². The molecule has 0 saturated carbocycles. The average molecular weight is 477 g/mol. The van der Waals surface area contributed by atoms with Gasteiger partial charge < -0.3 is 18.9 Å². The highest BCUT2D eigenvalue weighted by Gasteiger charge is 2.13. The second-order valence-corrected chi connectivity index (χ2v) is 7.46. The van der Waals surface area contributed by atoms with E-state index in [9.17, 15) is 9.59 Å². The molecular formula is C27H28N2O6. The first kappa shape index (κ1) is 25.3. The topological polar surface area (TPSA) is 95.5 Å². The minimum atomic E-state index is -0.518. The summed E-state index contributed by atoms with van der Waals surface area (Å²) in [5.41, 5.74) is 3.91. The third-order valence-electron chi connectivity index (χ3n) is 4.96. The van der Waals surface area contributed by atoms with Gasteiger partial charge in [-0.3, -0.25) is 4.79 Å². The molecule has 0 heterocycles. The van der Waals surface area contributed by atoms with E-state index in [1.54, 1.807) is 66.7 Å². The molecule has 3 aromatic carbocycles. The number of carbonyl (C=O) groups is 2. The second kappa shape index (κ2) is 12.8. The van der Waals surface area contributed by atoms with Crippen LogP contribution in [0.3, 0.4) is 0 Å². The summed E-state index contributed by atoms with van der Waals surface area (Å²) in [5, 5.41) is 3.98. The highest BCUT2D eigenvalue weighted by Crippen LogP contribution is 2.28. The lowest BCUT2D eigenvalue weighted by Crippen LogP contribution is -2.17. The van der Waals surface area contributed by atoms with Gasteiger partial charge in [0.1, 0.15) is 11.5 Å². The molecule has 1 amide bonds. The van der Waals surface area contributed by atoms with Gasteiger partial charge in [0.15, 0.2) is 11.5 Å². The third kappa shape index (κ3) is 7.33. The van der Waals surface area contributed by atoms with Crippen LogP contribution in [-0.2, 0) is 0 Å². The molecule has 0 saturated heterocycles. The van der Waals surface area contributed by atoms with Crippen molar-refractivity contribution >= 4 is 18.1 Å². The van der Waals surface area contributed by atoms with Crippen LogP contribution in [0.4, 0.5) is 0 Å². The van der Waals surface area contributed by atoms with Crippen LogP contribution < -0.4 is 24.4 Å². The molecule has 1 N–H and O–H groups in total. The maximum atomic E-state index is 12.6. The predicted octanol–water partition coefficient (Wildman–Crippen LogP) is 4.87. The van der Waals surface area contributed by atoms with Gasteiger partial charge in [-0.2, -0.15) is 5.10 Å². The van der Waals surface area contributed by atoms with Crippen molar-refractivity contribution in [2.75, 3.05) is 20.8 Å². The van der Waals surface area contributed by atoms with E-state index < -0.39 is 5.97 Å². The molecule has 0 bridgehead atoms. The molecule has 0 aromatic heterocycles. The molecule has 0 fully saturated rings. The van der Waals surface area contributed by atoms with Crippen LogP contribution in [0.25, 0.3) is 0 Å². The first-order valence-electron chi connectivity index (χ1n) is 11.1. The fourth-order valence-electron chi connectivity index (χ4n) is 3.02. The van der Waals surface area contributed by atoms with Crippen LogP contribution in [-0.4, -0.2) is 38.9 Å². The number of carbonyl (C=O) groups excluding carboxylic acids is 2. The summed E-state index contributed by atoms with van der Waals surface area (Å²) >= 11 is 0. The zero-order chi connectivity index (χ0) is 25.0. The first-order chi connectivity index (χ1) is 17.0. The van der Waals surface area contributed by atoms with Gasteiger partial charge in [-0.15, -0.1) is 0 Å². The van der Waals surface area contributed by atoms with Crippen molar-refractivity contribution in [2.45, 2.75) is 19.8 Å². The van der Waals surface area contributed by atoms with Gasteiger partial charge in [0, 0.05) is 5.56 Å². The van der Waals surface area contributed by atoms with Gasteiger partial charge in [0.05, 0.1) is 32.6 Å². The van der Waals surface area contributed by atoms with Crippen LogP contribution in [0.5, 0.6) is 23.0 Å². The Morgan fingerprint density at radius 1 is 0.886 bits per heavy atom. The van der Waals surface area contributed by atoms with Crippen molar-refractivity contribution in [1.82, 2.24) is 5.43 Å². The van der Waals surface area contributed by atoms with Crippen molar-refractivity contribution in [3.05, 3.63) is 83.4 Å². The van der Waals surface area contributed by atoms with E-state index in [2.05, 4.69) is 17.5 Å². The number of nitrogens with zero attached hydrogens (tertiary/aromatic N) is 1. The number of esters is 1. The van der Waals surface area contributed by atoms with E-state index in [1.165, 1.54) is 20.4 Å². The van der Waals surface area contributed by atoms with Crippen LogP contribution in [0, 0.1) is 0 Å². The van der Waals surface area contributed by atoms with Gasteiger partial charge in [0.25, 0.3) is 5.91 Å². The van der Waals surface area contributed by atoms with Gasteiger partial charge in [0.2, 0.25) is 0 Å². The van der Waals surface area contributed by atoms with Crippen LogP contribution >= 0.6 is 0 Å². The highest BCUT2D eigenvalue weighted by molar-refractivity contribution is 5.95. The minimum absolute atomic E-state index is 0.262. The zero-order valence-corrected chi connectivity index (χ0v) is 19.9. The molecule has 0 radical (unpaired) electrons. The molecule has 0 aliphatic heterocycles. The lowest BCUT2D eigenvalue weighted by atomic mass is 10.2. The largest absolute Gasteiger partial charge is 0.497 e. The third-order valence-corrected chi connectivity index (χ3v) is 4.96. The Morgan fingerprint density at radius 3 is 2.40 bits per heavy atom. The molecule has 8 heteroatoms. The Bertz CT molecular complexity index is 1170. The maximum absolute atomic E-state index is 12.6. The van der Waals surface area contributed by atoms with E-state index in [0.717, 1.165) is 12.8 Å². The number of methoxy groups -OCH3 is 2. The summed E-state index contributed by atoms with van der Waals surface area (Å²) in [5.74, 6) is 0.997. The summed E-state index contributed by atoms with van der Waals surface area (Å²) in [6, 6.07) is 18.5. The lowest BCUT2D eigenvalue weighted by molar-refractivity contribution is 0.0729. The Kier molecular flexibility index (Phi) is 9.24. The Balaban J connectivity index is 1.61. The highest BCUT2D eigenvalue weighted by atomic mass is 16.6. The summed E-state index contributed by atoms with van der Waals surface area (Å²) in [6.45, 7) is 2.73. The Morgan fingerprint density at radius 2 is 1.69 bits per heavy atom. The normalized spacial score (nSPS) is 10.6. The number of unbranched alkanes of at least 4 members (excludes halogenated alkanes) is 1. The van der Waals surface area contributed by atoms with Gasteiger partial charge in [-0.05, 0) is 72.6 Å². The maximum Gasteiger partial charge on any atom is 0.343 e. The van der Waals surface area contributed by atoms with E-state index in [1.807, 2.05) is 0 Å². The molecule has 0 spiro atoms. The fourth-order valence-corrected chi connectivity index (χ4v) is 3.02. The molecule has 3 aromatic rings. The van der Waals surface area contributed by atoms with Crippen molar-refractivity contribution in [2.24, 2.45) is 5.10 Å². The number of hydrogen-bond acceptors (Lipinski definition) is 7. The smallest absolute Gasteiger partial charge is 0.343 e. The minimum Gasteiger partial charge on any atom is -0.497 e. The van der Waals surface area contributed by atoms with E-state index >= 15 is 0 Å². The second-order valence-electron chi connectivity index (χ2n) is 7.46. The molecular weight excluding hydrogens is 448 g/mol. The zero-order valence-electron chi connectivity index (χ0n) is 19.9. The van der Waals surface area contributed by atoms with E-state index in [-0.39, 0.29) is 11.7 Å². The van der Waals surface area contributed by atoms with Gasteiger partial charge in [-0.1, -0.05) is 19.4 Å². The monoisotopic (exact) mass is 476 g/mol. The number of rotatable bonds is 11.